The van der Waals surface area contributed by atoms with Gasteiger partial charge in [0.25, 0.3) is 0 Å². The van der Waals surface area contributed by atoms with Crippen molar-refractivity contribution < 1.29 is 4.79 Å². The Bertz CT molecular complexity index is 902. The van der Waals surface area contributed by atoms with Crippen molar-refractivity contribution in [2.45, 2.75) is 38.6 Å². The Morgan fingerprint density at radius 3 is 2.63 bits per heavy atom. The van der Waals surface area contributed by atoms with Crippen LogP contribution in [0.1, 0.15) is 30.4 Å². The smallest absolute Gasteiger partial charge is 0.318 e. The molecule has 1 fully saturated rings. The van der Waals surface area contributed by atoms with Crippen molar-refractivity contribution in [2.24, 2.45) is 0 Å². The van der Waals surface area contributed by atoms with Crippen molar-refractivity contribution in [3.63, 3.8) is 0 Å². The molecule has 2 aromatic carbocycles. The topological polar surface area (TPSA) is 51.0 Å². The average Bonchev–Trinajstić information content (AvgIpc) is 3.19. The zero-order valence-electron chi connectivity index (χ0n) is 15.6. The van der Waals surface area contributed by atoms with Gasteiger partial charge in [0.05, 0.1) is 6.20 Å². The minimum absolute atomic E-state index is 0.131. The lowest BCUT2D eigenvalue weighted by Crippen LogP contribution is -2.47. The fourth-order valence-electron chi connectivity index (χ4n) is 3.68. The number of carbonyl (C=O) groups is 1. The summed E-state index contributed by atoms with van der Waals surface area (Å²) in [5, 5.41) is 8.69. The van der Waals surface area contributed by atoms with Gasteiger partial charge >= 0.3 is 6.03 Å². The van der Waals surface area contributed by atoms with Gasteiger partial charge in [0.15, 0.2) is 0 Å². The summed E-state index contributed by atoms with van der Waals surface area (Å²) in [7, 11) is 0. The van der Waals surface area contributed by atoms with Gasteiger partial charge in [-0.05, 0) is 38.2 Å². The predicted octanol–water partition coefficient (Wildman–Crippen LogP) is 4.32. The lowest BCUT2D eigenvalue weighted by Gasteiger charge is -2.35. The molecular formula is C22H24N4O. The maximum atomic E-state index is 13.1. The highest BCUT2D eigenvalue weighted by Gasteiger charge is 2.29. The molecule has 5 nitrogen and oxygen atoms in total. The number of aromatic nitrogens is 3. The van der Waals surface area contributed by atoms with E-state index in [9.17, 15) is 4.79 Å². The molecule has 0 radical (unpaired) electrons. The van der Waals surface area contributed by atoms with Gasteiger partial charge in [0.2, 0.25) is 0 Å². The van der Waals surface area contributed by atoms with Crippen molar-refractivity contribution in [2.75, 3.05) is 6.54 Å². The van der Waals surface area contributed by atoms with E-state index in [1.54, 1.807) is 6.20 Å². The van der Waals surface area contributed by atoms with Crippen LogP contribution in [0.4, 0.5) is 4.79 Å². The van der Waals surface area contributed by atoms with Crippen molar-refractivity contribution in [3.05, 3.63) is 71.9 Å². The summed E-state index contributed by atoms with van der Waals surface area (Å²) in [6.45, 7) is 2.81. The zero-order valence-corrected chi connectivity index (χ0v) is 15.6. The van der Waals surface area contributed by atoms with Crippen LogP contribution in [0.15, 0.2) is 60.8 Å². The molecule has 2 heterocycles. The summed E-state index contributed by atoms with van der Waals surface area (Å²) in [6, 6.07) is 18.5. The molecule has 138 valence electrons. The lowest BCUT2D eigenvalue weighted by molar-refractivity contribution is 0.146. The second-order valence-electron chi connectivity index (χ2n) is 7.20. The van der Waals surface area contributed by atoms with E-state index >= 15 is 0 Å². The normalized spacial score (nSPS) is 17.1. The first-order chi connectivity index (χ1) is 13.2. The molecule has 0 saturated carbocycles. The minimum Gasteiger partial charge on any atom is -0.318 e. The van der Waals surface area contributed by atoms with E-state index < -0.39 is 0 Å². The summed E-state index contributed by atoms with van der Waals surface area (Å²) in [4.78, 5) is 16.3. The lowest BCUT2D eigenvalue weighted by atomic mass is 9.96. The van der Waals surface area contributed by atoms with Gasteiger partial charge in [0, 0.05) is 18.2 Å². The first kappa shape index (κ1) is 17.5. The summed E-state index contributed by atoms with van der Waals surface area (Å²) >= 11 is 0. The average molecular weight is 360 g/mol. The van der Waals surface area contributed by atoms with Gasteiger partial charge in [-0.15, -0.1) is 5.10 Å². The van der Waals surface area contributed by atoms with Crippen molar-refractivity contribution >= 4 is 6.03 Å². The van der Waals surface area contributed by atoms with Gasteiger partial charge in [-0.2, -0.15) is 5.10 Å². The SMILES string of the molecule is Cc1ccc(-c2cnn(C(=O)N3CCCCC3Cc3ccccc3)n2)cc1. The van der Waals surface area contributed by atoms with E-state index in [4.69, 9.17) is 0 Å². The summed E-state index contributed by atoms with van der Waals surface area (Å²) in [5.74, 6) is 0. The van der Waals surface area contributed by atoms with Gasteiger partial charge in [0.1, 0.15) is 5.69 Å². The molecule has 27 heavy (non-hydrogen) atoms. The van der Waals surface area contributed by atoms with Gasteiger partial charge in [-0.3, -0.25) is 0 Å². The van der Waals surface area contributed by atoms with Crippen LogP contribution in [0.3, 0.4) is 0 Å². The number of benzene rings is 2. The number of rotatable bonds is 3. The van der Waals surface area contributed by atoms with E-state index in [0.29, 0.717) is 0 Å². The van der Waals surface area contributed by atoms with E-state index in [1.807, 2.05) is 54.3 Å². The largest absolute Gasteiger partial charge is 0.362 e. The monoisotopic (exact) mass is 360 g/mol. The second kappa shape index (κ2) is 7.74. The van der Waals surface area contributed by atoms with Gasteiger partial charge in [-0.1, -0.05) is 65.0 Å². The highest BCUT2D eigenvalue weighted by atomic mass is 16.2. The molecule has 1 aliphatic rings. The Morgan fingerprint density at radius 1 is 1.07 bits per heavy atom. The molecule has 0 spiro atoms. The molecule has 3 aromatic rings. The molecule has 1 saturated heterocycles. The van der Waals surface area contributed by atoms with Crippen LogP contribution in [0.5, 0.6) is 0 Å². The van der Waals surface area contributed by atoms with E-state index in [0.717, 1.165) is 43.5 Å². The predicted molar refractivity (Wildman–Crippen MR) is 105 cm³/mol. The number of hydrogen-bond acceptors (Lipinski definition) is 3. The Balaban J connectivity index is 1.52. The summed E-state index contributed by atoms with van der Waals surface area (Å²) in [6.07, 6.45) is 5.75. The Labute approximate surface area is 159 Å². The molecule has 4 rings (SSSR count). The van der Waals surface area contributed by atoms with Crippen LogP contribution in [-0.4, -0.2) is 38.5 Å². The van der Waals surface area contributed by atoms with Crippen LogP contribution >= 0.6 is 0 Å². The van der Waals surface area contributed by atoms with Crippen molar-refractivity contribution in [1.29, 1.82) is 0 Å². The van der Waals surface area contributed by atoms with Crippen molar-refractivity contribution in [1.82, 2.24) is 19.9 Å². The number of likely N-dealkylation sites (tertiary alicyclic amines) is 1. The molecule has 1 unspecified atom stereocenters. The number of nitrogens with zero attached hydrogens (tertiary/aromatic N) is 4. The number of aryl methyl sites for hydroxylation is 1. The van der Waals surface area contributed by atoms with Crippen LogP contribution in [0.2, 0.25) is 0 Å². The van der Waals surface area contributed by atoms with Gasteiger partial charge in [-0.25, -0.2) is 4.79 Å². The Kier molecular flexibility index (Phi) is 5.01. The quantitative estimate of drug-likeness (QED) is 0.699. The van der Waals surface area contributed by atoms with Crippen LogP contribution in [0, 0.1) is 6.92 Å². The first-order valence-electron chi connectivity index (χ1n) is 9.55. The van der Waals surface area contributed by atoms with Gasteiger partial charge < -0.3 is 4.90 Å². The second-order valence-corrected chi connectivity index (χ2v) is 7.20. The van der Waals surface area contributed by atoms with E-state index in [2.05, 4.69) is 22.3 Å². The number of carbonyl (C=O) groups excluding carboxylic acids is 1. The molecule has 0 aliphatic carbocycles. The number of piperidine rings is 1. The third kappa shape index (κ3) is 3.92. The molecule has 1 atom stereocenters. The maximum Gasteiger partial charge on any atom is 0.362 e. The third-order valence-corrected chi connectivity index (χ3v) is 5.20. The van der Waals surface area contributed by atoms with Crippen LogP contribution in [-0.2, 0) is 6.42 Å². The molecule has 0 bridgehead atoms. The summed E-state index contributed by atoms with van der Waals surface area (Å²) < 4.78 is 0. The molecule has 1 aromatic heterocycles. The zero-order chi connectivity index (χ0) is 18.6. The third-order valence-electron chi connectivity index (χ3n) is 5.20. The van der Waals surface area contributed by atoms with Crippen LogP contribution in [0.25, 0.3) is 11.3 Å². The Hall–Kier alpha value is -2.95. The molecule has 5 heteroatoms. The maximum absolute atomic E-state index is 13.1. The van der Waals surface area contributed by atoms with E-state index in [-0.39, 0.29) is 12.1 Å². The van der Waals surface area contributed by atoms with E-state index in [1.165, 1.54) is 15.9 Å². The first-order valence-corrected chi connectivity index (χ1v) is 9.55. The minimum atomic E-state index is -0.131. The fourth-order valence-corrected chi connectivity index (χ4v) is 3.68. The number of amides is 1. The standard InChI is InChI=1S/C22H24N4O/c1-17-10-12-19(13-11-17)21-16-23-26(24-21)22(27)25-14-6-5-9-20(25)15-18-7-3-2-4-8-18/h2-4,7-8,10-13,16,20H,5-6,9,14-15H2,1H3. The Morgan fingerprint density at radius 2 is 1.85 bits per heavy atom. The molecular weight excluding hydrogens is 336 g/mol. The molecule has 0 N–H and O–H groups in total. The highest BCUT2D eigenvalue weighted by molar-refractivity contribution is 5.76. The molecule has 1 aliphatic heterocycles. The van der Waals surface area contributed by atoms with Crippen LogP contribution < -0.4 is 0 Å². The fraction of sp³-hybridized carbons (Fsp3) is 0.318. The summed E-state index contributed by atoms with van der Waals surface area (Å²) in [5.41, 5.74) is 4.15. The number of hydrogen-bond donors (Lipinski definition) is 0. The highest BCUT2D eigenvalue weighted by Crippen LogP contribution is 2.22. The van der Waals surface area contributed by atoms with Crippen molar-refractivity contribution in [3.8, 4) is 11.3 Å². The molecule has 1 amide bonds.